The predicted molar refractivity (Wildman–Crippen MR) is 87.0 cm³/mol. The second-order valence-electron chi connectivity index (χ2n) is 5.07. The molecule has 0 aliphatic carbocycles. The molecule has 2 N–H and O–H groups in total. The molecule has 0 atom stereocenters. The van der Waals surface area contributed by atoms with Crippen LogP contribution in [0.3, 0.4) is 0 Å². The quantitative estimate of drug-likeness (QED) is 0.636. The summed E-state index contributed by atoms with van der Waals surface area (Å²) in [5.41, 5.74) is 6.41. The number of nitrogens with two attached hydrogens (primary N) is 1. The molecule has 1 aromatic carbocycles. The first-order chi connectivity index (χ1) is 10.0. The Morgan fingerprint density at radius 2 is 2.10 bits per heavy atom. The number of thioether (sulfide) groups is 1. The van der Waals surface area contributed by atoms with Gasteiger partial charge in [-0.1, -0.05) is 6.07 Å². The Bertz CT molecular complexity index is 555. The normalized spacial score (nSPS) is 18.0. The lowest BCUT2D eigenvalue weighted by atomic mass is 10.1. The van der Waals surface area contributed by atoms with Crippen LogP contribution in [0.25, 0.3) is 0 Å². The van der Waals surface area contributed by atoms with E-state index in [1.165, 1.54) is 11.8 Å². The zero-order chi connectivity index (χ0) is 15.3. The summed E-state index contributed by atoms with van der Waals surface area (Å²) in [5, 5.41) is 0. The fourth-order valence-corrected chi connectivity index (χ4v) is 5.18. The Labute approximate surface area is 130 Å². The van der Waals surface area contributed by atoms with E-state index < -0.39 is 10.0 Å². The molecule has 0 saturated carbocycles. The highest BCUT2D eigenvalue weighted by Crippen LogP contribution is 2.22. The van der Waals surface area contributed by atoms with Crippen LogP contribution in [0.15, 0.2) is 29.2 Å². The Morgan fingerprint density at radius 3 is 2.71 bits per heavy atom. The Balaban J connectivity index is 1.82. The van der Waals surface area contributed by atoms with E-state index >= 15 is 0 Å². The molecule has 1 aliphatic rings. The summed E-state index contributed by atoms with van der Waals surface area (Å²) < 4.78 is 31.4. The number of nitrogen functional groups attached to an aromatic ring is 1. The summed E-state index contributed by atoms with van der Waals surface area (Å²) in [5.74, 6) is 0.695. The molecule has 1 fully saturated rings. The number of methoxy groups -OCH3 is 1. The van der Waals surface area contributed by atoms with Gasteiger partial charge in [0.05, 0.1) is 11.9 Å². The predicted octanol–water partition coefficient (Wildman–Crippen LogP) is 1.80. The van der Waals surface area contributed by atoms with Gasteiger partial charge in [-0.25, -0.2) is 12.7 Å². The van der Waals surface area contributed by atoms with Crippen LogP contribution >= 0.6 is 11.8 Å². The van der Waals surface area contributed by atoms with Crippen LogP contribution in [0.2, 0.25) is 0 Å². The molecule has 0 spiro atoms. The van der Waals surface area contributed by atoms with Crippen molar-refractivity contribution in [3.8, 4) is 0 Å². The van der Waals surface area contributed by atoms with E-state index in [1.54, 1.807) is 11.4 Å². The third-order valence-electron chi connectivity index (χ3n) is 3.60. The standard InChI is InChI=1S/C14H22N2O3S2/c1-19-13-5-7-16(8-6-13)21(17,18)10-9-20-14-4-2-3-12(15)11-14/h2-4,11,13H,5-10,15H2,1H3. The first-order valence-corrected chi connectivity index (χ1v) is 9.60. The van der Waals surface area contributed by atoms with Gasteiger partial charge in [-0.2, -0.15) is 0 Å². The smallest absolute Gasteiger partial charge is 0.214 e. The van der Waals surface area contributed by atoms with E-state index in [-0.39, 0.29) is 11.9 Å². The average Bonchev–Trinajstić information content (AvgIpc) is 2.47. The van der Waals surface area contributed by atoms with Gasteiger partial charge in [-0.15, -0.1) is 11.8 Å². The molecule has 1 saturated heterocycles. The summed E-state index contributed by atoms with van der Waals surface area (Å²) in [6.07, 6.45) is 1.74. The summed E-state index contributed by atoms with van der Waals surface area (Å²) in [6, 6.07) is 7.50. The van der Waals surface area contributed by atoms with E-state index in [1.807, 2.05) is 24.3 Å². The second-order valence-corrected chi connectivity index (χ2v) is 8.33. The van der Waals surface area contributed by atoms with Crippen molar-refractivity contribution in [1.82, 2.24) is 4.31 Å². The molecule has 1 heterocycles. The van der Waals surface area contributed by atoms with Crippen molar-refractivity contribution in [1.29, 1.82) is 0 Å². The minimum absolute atomic E-state index is 0.157. The van der Waals surface area contributed by atoms with Crippen LogP contribution in [0.5, 0.6) is 0 Å². The van der Waals surface area contributed by atoms with Crippen molar-refractivity contribution in [2.75, 3.05) is 37.4 Å². The van der Waals surface area contributed by atoms with Crippen molar-refractivity contribution in [3.05, 3.63) is 24.3 Å². The third kappa shape index (κ3) is 4.88. The van der Waals surface area contributed by atoms with Crippen molar-refractivity contribution >= 4 is 27.5 Å². The molecule has 1 aromatic rings. The van der Waals surface area contributed by atoms with Crippen LogP contribution in [0, 0.1) is 0 Å². The van der Waals surface area contributed by atoms with Crippen molar-refractivity contribution in [3.63, 3.8) is 0 Å². The molecule has 0 amide bonds. The molecule has 21 heavy (non-hydrogen) atoms. The van der Waals surface area contributed by atoms with Gasteiger partial charge >= 0.3 is 0 Å². The highest BCUT2D eigenvalue weighted by molar-refractivity contribution is 8.00. The summed E-state index contributed by atoms with van der Waals surface area (Å²) in [4.78, 5) is 1.00. The van der Waals surface area contributed by atoms with Gasteiger partial charge < -0.3 is 10.5 Å². The van der Waals surface area contributed by atoms with Gasteiger partial charge in [0.25, 0.3) is 0 Å². The van der Waals surface area contributed by atoms with E-state index in [9.17, 15) is 8.42 Å². The number of rotatable bonds is 6. The van der Waals surface area contributed by atoms with Crippen molar-refractivity contribution in [2.45, 2.75) is 23.8 Å². The molecular weight excluding hydrogens is 308 g/mol. The van der Waals surface area contributed by atoms with Crippen LogP contribution in [-0.2, 0) is 14.8 Å². The molecule has 7 heteroatoms. The number of hydrogen-bond donors (Lipinski definition) is 1. The summed E-state index contributed by atoms with van der Waals surface area (Å²) in [6.45, 7) is 1.12. The molecular formula is C14H22N2O3S2. The number of benzene rings is 1. The van der Waals surface area contributed by atoms with E-state index in [2.05, 4.69) is 0 Å². The Kier molecular flexibility index (Phi) is 5.92. The Morgan fingerprint density at radius 1 is 1.38 bits per heavy atom. The lowest BCUT2D eigenvalue weighted by molar-refractivity contribution is 0.0605. The minimum atomic E-state index is -3.17. The molecule has 1 aliphatic heterocycles. The largest absolute Gasteiger partial charge is 0.399 e. The molecule has 5 nitrogen and oxygen atoms in total. The molecule has 0 unspecified atom stereocenters. The summed E-state index contributed by atoms with van der Waals surface area (Å²) in [7, 11) is -1.49. The minimum Gasteiger partial charge on any atom is -0.399 e. The monoisotopic (exact) mass is 330 g/mol. The zero-order valence-electron chi connectivity index (χ0n) is 12.2. The van der Waals surface area contributed by atoms with Gasteiger partial charge in [0.1, 0.15) is 0 Å². The van der Waals surface area contributed by atoms with Gasteiger partial charge in [0, 0.05) is 36.5 Å². The fraction of sp³-hybridized carbons (Fsp3) is 0.571. The zero-order valence-corrected chi connectivity index (χ0v) is 13.8. The first kappa shape index (κ1) is 16.6. The van der Waals surface area contributed by atoms with Crippen LogP contribution < -0.4 is 5.73 Å². The number of anilines is 1. The van der Waals surface area contributed by atoms with Gasteiger partial charge in [-0.3, -0.25) is 0 Å². The van der Waals surface area contributed by atoms with Crippen molar-refractivity contribution < 1.29 is 13.2 Å². The maximum atomic E-state index is 12.3. The van der Waals surface area contributed by atoms with Gasteiger partial charge in [0.2, 0.25) is 10.0 Å². The van der Waals surface area contributed by atoms with Crippen LogP contribution in [0.1, 0.15) is 12.8 Å². The van der Waals surface area contributed by atoms with Gasteiger partial charge in [0.15, 0.2) is 0 Å². The molecule has 0 aromatic heterocycles. The third-order valence-corrected chi connectivity index (χ3v) is 6.72. The molecule has 118 valence electrons. The SMILES string of the molecule is COC1CCN(S(=O)(=O)CCSc2cccc(N)c2)CC1. The van der Waals surface area contributed by atoms with Crippen molar-refractivity contribution in [2.24, 2.45) is 0 Å². The fourth-order valence-electron chi connectivity index (χ4n) is 2.34. The Hall–Kier alpha value is -0.760. The molecule has 2 rings (SSSR count). The van der Waals surface area contributed by atoms with Crippen LogP contribution in [-0.4, -0.2) is 50.5 Å². The first-order valence-electron chi connectivity index (χ1n) is 7.00. The maximum Gasteiger partial charge on any atom is 0.214 e. The molecule has 0 radical (unpaired) electrons. The summed E-state index contributed by atoms with van der Waals surface area (Å²) >= 11 is 1.52. The maximum absolute atomic E-state index is 12.3. The second kappa shape index (κ2) is 7.49. The van der Waals surface area contributed by atoms with Gasteiger partial charge in [-0.05, 0) is 31.0 Å². The number of nitrogens with zero attached hydrogens (tertiary/aromatic N) is 1. The van der Waals surface area contributed by atoms with E-state index in [4.69, 9.17) is 10.5 Å². The number of sulfonamides is 1. The number of ether oxygens (including phenoxy) is 1. The lowest BCUT2D eigenvalue weighted by Crippen LogP contribution is -2.42. The highest BCUT2D eigenvalue weighted by atomic mass is 32.2. The molecule has 0 bridgehead atoms. The van der Waals surface area contributed by atoms with Crippen LogP contribution in [0.4, 0.5) is 5.69 Å². The van der Waals surface area contributed by atoms with E-state index in [0.717, 1.165) is 17.7 Å². The average molecular weight is 330 g/mol. The van der Waals surface area contributed by atoms with E-state index in [0.29, 0.717) is 24.5 Å². The lowest BCUT2D eigenvalue weighted by Gasteiger charge is -2.30. The number of hydrogen-bond acceptors (Lipinski definition) is 5. The highest BCUT2D eigenvalue weighted by Gasteiger charge is 2.27. The topological polar surface area (TPSA) is 72.6 Å². The number of piperidine rings is 1.